The first-order valence-corrected chi connectivity index (χ1v) is 5.44. The maximum Gasteiger partial charge on any atom is 0.0161 e. The van der Waals surface area contributed by atoms with Gasteiger partial charge in [0.25, 0.3) is 0 Å². The molecule has 2 fully saturated rings. The van der Waals surface area contributed by atoms with Crippen LogP contribution >= 0.6 is 11.8 Å². The molecule has 58 valence electrons. The van der Waals surface area contributed by atoms with E-state index in [1.165, 1.54) is 37.2 Å². The third kappa shape index (κ3) is 1.48. The molecule has 2 rings (SSSR count). The van der Waals surface area contributed by atoms with Crippen LogP contribution in [-0.4, -0.2) is 23.6 Å². The monoisotopic (exact) mass is 157 g/mol. The molecule has 2 bridgehead atoms. The maximum absolute atomic E-state index is 3.67. The molecule has 0 aromatic rings. The Morgan fingerprint density at radius 2 is 2.00 bits per heavy atom. The lowest BCUT2D eigenvalue weighted by Gasteiger charge is -2.17. The van der Waals surface area contributed by atoms with E-state index in [1.807, 2.05) is 0 Å². The minimum Gasteiger partial charge on any atom is -0.310 e. The molecule has 2 aliphatic heterocycles. The zero-order valence-corrected chi connectivity index (χ0v) is 7.12. The van der Waals surface area contributed by atoms with E-state index in [2.05, 4.69) is 17.1 Å². The van der Waals surface area contributed by atoms with Gasteiger partial charge in [0, 0.05) is 17.8 Å². The Morgan fingerprint density at radius 3 is 3.00 bits per heavy atom. The van der Waals surface area contributed by atoms with E-state index in [0.29, 0.717) is 0 Å². The van der Waals surface area contributed by atoms with Crippen molar-refractivity contribution in [3.8, 4) is 0 Å². The molecule has 2 atom stereocenters. The van der Waals surface area contributed by atoms with Crippen LogP contribution in [0.2, 0.25) is 0 Å². The zero-order chi connectivity index (χ0) is 6.81. The highest BCUT2D eigenvalue weighted by Crippen LogP contribution is 2.23. The molecule has 0 aromatic carbocycles. The molecule has 2 unspecified atom stereocenters. The third-order valence-corrected chi connectivity index (χ3v) is 3.71. The van der Waals surface area contributed by atoms with Crippen molar-refractivity contribution in [1.82, 2.24) is 5.32 Å². The summed E-state index contributed by atoms with van der Waals surface area (Å²) in [4.78, 5) is 0. The normalized spacial score (nSPS) is 40.8. The summed E-state index contributed by atoms with van der Waals surface area (Å²) < 4.78 is 0. The second-order valence-corrected chi connectivity index (χ2v) is 4.50. The Morgan fingerprint density at radius 1 is 1.10 bits per heavy atom. The molecule has 0 radical (unpaired) electrons. The molecule has 2 saturated heterocycles. The van der Waals surface area contributed by atoms with Gasteiger partial charge < -0.3 is 5.32 Å². The standard InChI is InChI=1S/C8H15NS/c1-2-7-3-4-8(9-7)6-10-5-1/h7-9H,1-6H2. The summed E-state index contributed by atoms with van der Waals surface area (Å²) in [7, 11) is 0. The van der Waals surface area contributed by atoms with Gasteiger partial charge >= 0.3 is 0 Å². The first-order chi connectivity index (χ1) is 4.95. The summed E-state index contributed by atoms with van der Waals surface area (Å²) in [6.45, 7) is 0. The average molecular weight is 157 g/mol. The largest absolute Gasteiger partial charge is 0.310 e. The van der Waals surface area contributed by atoms with E-state index >= 15 is 0 Å². The fourth-order valence-corrected chi connectivity index (χ4v) is 3.00. The first kappa shape index (κ1) is 6.99. The van der Waals surface area contributed by atoms with E-state index in [9.17, 15) is 0 Å². The fraction of sp³-hybridized carbons (Fsp3) is 1.00. The molecule has 10 heavy (non-hydrogen) atoms. The molecule has 0 aliphatic carbocycles. The predicted octanol–water partition coefficient (Wildman–Crippen LogP) is 1.63. The summed E-state index contributed by atoms with van der Waals surface area (Å²) in [6.07, 6.45) is 5.71. The second-order valence-electron chi connectivity index (χ2n) is 3.36. The second kappa shape index (κ2) is 3.14. The molecule has 0 aromatic heterocycles. The van der Waals surface area contributed by atoms with Crippen LogP contribution in [0, 0.1) is 0 Å². The molecule has 0 amide bonds. The number of thioether (sulfide) groups is 1. The Labute approximate surface area is 67.0 Å². The molecule has 0 spiro atoms. The van der Waals surface area contributed by atoms with Gasteiger partial charge in [0.2, 0.25) is 0 Å². The molecule has 1 nitrogen and oxygen atoms in total. The zero-order valence-electron chi connectivity index (χ0n) is 6.31. The maximum atomic E-state index is 3.67. The highest BCUT2D eigenvalue weighted by Gasteiger charge is 2.24. The van der Waals surface area contributed by atoms with Crippen LogP contribution in [-0.2, 0) is 0 Å². The van der Waals surface area contributed by atoms with E-state index in [0.717, 1.165) is 12.1 Å². The molecule has 2 heterocycles. The average Bonchev–Trinajstić information content (AvgIpc) is 2.30. The lowest BCUT2D eigenvalue weighted by molar-refractivity contribution is 0.520. The molecular weight excluding hydrogens is 142 g/mol. The molecular formula is C8H15NS. The van der Waals surface area contributed by atoms with Gasteiger partial charge in [-0.15, -0.1) is 0 Å². The number of hydrogen-bond donors (Lipinski definition) is 1. The van der Waals surface area contributed by atoms with Crippen molar-refractivity contribution in [2.45, 2.75) is 37.8 Å². The summed E-state index contributed by atoms with van der Waals surface area (Å²) in [5.74, 6) is 2.76. The van der Waals surface area contributed by atoms with Crippen molar-refractivity contribution in [3.05, 3.63) is 0 Å². The molecule has 1 N–H and O–H groups in total. The van der Waals surface area contributed by atoms with Crippen LogP contribution in [0.1, 0.15) is 25.7 Å². The van der Waals surface area contributed by atoms with Gasteiger partial charge in [-0.25, -0.2) is 0 Å². The van der Waals surface area contributed by atoms with Crippen LogP contribution in [0.4, 0.5) is 0 Å². The molecule has 2 aliphatic rings. The number of fused-ring (bicyclic) bond motifs is 2. The van der Waals surface area contributed by atoms with Crippen molar-refractivity contribution in [1.29, 1.82) is 0 Å². The van der Waals surface area contributed by atoms with Crippen molar-refractivity contribution in [2.24, 2.45) is 0 Å². The smallest absolute Gasteiger partial charge is 0.0161 e. The number of hydrogen-bond acceptors (Lipinski definition) is 2. The van der Waals surface area contributed by atoms with Gasteiger partial charge in [-0.2, -0.15) is 11.8 Å². The summed E-state index contributed by atoms with van der Waals surface area (Å²) in [6, 6.07) is 1.74. The van der Waals surface area contributed by atoms with E-state index in [1.54, 1.807) is 0 Å². The van der Waals surface area contributed by atoms with E-state index in [4.69, 9.17) is 0 Å². The Hall–Kier alpha value is 0.310. The highest BCUT2D eigenvalue weighted by molar-refractivity contribution is 7.99. The van der Waals surface area contributed by atoms with Crippen LogP contribution < -0.4 is 5.32 Å². The SMILES string of the molecule is C1CSCC2CCC(C1)N2. The van der Waals surface area contributed by atoms with Gasteiger partial charge in [-0.1, -0.05) is 0 Å². The number of rotatable bonds is 0. The van der Waals surface area contributed by atoms with Gasteiger partial charge in [-0.05, 0) is 31.4 Å². The minimum atomic E-state index is 0.857. The Balaban J connectivity index is 1.91. The summed E-state index contributed by atoms with van der Waals surface area (Å²) in [5.41, 5.74) is 0. The van der Waals surface area contributed by atoms with Gasteiger partial charge in [0.05, 0.1) is 0 Å². The molecule has 0 saturated carbocycles. The van der Waals surface area contributed by atoms with Gasteiger partial charge in [-0.3, -0.25) is 0 Å². The third-order valence-electron chi connectivity index (χ3n) is 2.50. The first-order valence-electron chi connectivity index (χ1n) is 4.29. The van der Waals surface area contributed by atoms with Gasteiger partial charge in [0.1, 0.15) is 0 Å². The number of nitrogens with one attached hydrogen (secondary N) is 1. The Bertz CT molecular complexity index is 104. The van der Waals surface area contributed by atoms with Crippen LogP contribution in [0.5, 0.6) is 0 Å². The topological polar surface area (TPSA) is 12.0 Å². The molecule has 2 heteroatoms. The van der Waals surface area contributed by atoms with Crippen molar-refractivity contribution >= 4 is 11.8 Å². The van der Waals surface area contributed by atoms with Crippen molar-refractivity contribution in [3.63, 3.8) is 0 Å². The summed E-state index contributed by atoms with van der Waals surface area (Å²) >= 11 is 2.13. The lowest BCUT2D eigenvalue weighted by Crippen LogP contribution is -2.32. The van der Waals surface area contributed by atoms with E-state index < -0.39 is 0 Å². The fourth-order valence-electron chi connectivity index (χ4n) is 1.92. The predicted molar refractivity (Wildman–Crippen MR) is 46.5 cm³/mol. The van der Waals surface area contributed by atoms with Gasteiger partial charge in [0.15, 0.2) is 0 Å². The van der Waals surface area contributed by atoms with Crippen LogP contribution in [0.15, 0.2) is 0 Å². The quantitative estimate of drug-likeness (QED) is 0.573. The van der Waals surface area contributed by atoms with Crippen LogP contribution in [0.3, 0.4) is 0 Å². The van der Waals surface area contributed by atoms with E-state index in [-0.39, 0.29) is 0 Å². The Kier molecular flexibility index (Phi) is 2.19. The summed E-state index contributed by atoms with van der Waals surface area (Å²) in [5, 5.41) is 3.67. The highest BCUT2D eigenvalue weighted by atomic mass is 32.2. The lowest BCUT2D eigenvalue weighted by atomic mass is 10.1. The van der Waals surface area contributed by atoms with Crippen molar-refractivity contribution in [2.75, 3.05) is 11.5 Å². The minimum absolute atomic E-state index is 0.857. The van der Waals surface area contributed by atoms with Crippen LogP contribution in [0.25, 0.3) is 0 Å². The van der Waals surface area contributed by atoms with Crippen molar-refractivity contribution < 1.29 is 0 Å².